The van der Waals surface area contributed by atoms with Gasteiger partial charge in [0.25, 0.3) is 0 Å². The van der Waals surface area contributed by atoms with E-state index in [0.29, 0.717) is 25.9 Å². The molecule has 0 atom stereocenters. The van der Waals surface area contributed by atoms with Crippen molar-refractivity contribution < 1.29 is 9.90 Å². The summed E-state index contributed by atoms with van der Waals surface area (Å²) >= 11 is 0. The van der Waals surface area contributed by atoms with Gasteiger partial charge in [0.15, 0.2) is 0 Å². The van der Waals surface area contributed by atoms with Gasteiger partial charge in [-0.15, -0.1) is 0 Å². The summed E-state index contributed by atoms with van der Waals surface area (Å²) in [5.41, 5.74) is 2.04. The molecule has 3 heteroatoms. The van der Waals surface area contributed by atoms with Crippen molar-refractivity contribution in [2.75, 3.05) is 13.1 Å². The van der Waals surface area contributed by atoms with Gasteiger partial charge in [-0.2, -0.15) is 0 Å². The summed E-state index contributed by atoms with van der Waals surface area (Å²) in [6.07, 6.45) is 1.07. The summed E-state index contributed by atoms with van der Waals surface area (Å²) in [7, 11) is 0. The molecular formula is C19H21NO2. The molecule has 1 aliphatic rings. The summed E-state index contributed by atoms with van der Waals surface area (Å²) in [6.45, 7) is 1.27. The first-order valence-corrected chi connectivity index (χ1v) is 7.82. The number of carbonyl (C=O) groups is 1. The summed E-state index contributed by atoms with van der Waals surface area (Å²) in [6, 6.07) is 19.8. The molecule has 114 valence electrons. The number of carbonyl (C=O) groups excluding carboxylic acids is 1. The lowest BCUT2D eigenvalue weighted by molar-refractivity contribution is -0.133. The number of likely N-dealkylation sites (tertiary alicyclic amines) is 1. The zero-order chi connectivity index (χ0) is 15.4. The minimum Gasteiger partial charge on any atom is -0.393 e. The molecular weight excluding hydrogens is 274 g/mol. The fraction of sp³-hybridized carbons (Fsp3) is 0.316. The van der Waals surface area contributed by atoms with Crippen molar-refractivity contribution in [2.24, 2.45) is 0 Å². The van der Waals surface area contributed by atoms with Gasteiger partial charge < -0.3 is 10.0 Å². The number of hydrogen-bond donors (Lipinski definition) is 1. The molecule has 0 spiro atoms. The van der Waals surface area contributed by atoms with Crippen molar-refractivity contribution in [2.45, 2.75) is 24.9 Å². The van der Waals surface area contributed by atoms with Gasteiger partial charge in [0, 0.05) is 13.1 Å². The topological polar surface area (TPSA) is 40.5 Å². The molecule has 2 aromatic carbocycles. The molecule has 0 saturated carbocycles. The fourth-order valence-electron chi connectivity index (χ4n) is 3.04. The van der Waals surface area contributed by atoms with Crippen LogP contribution in [0, 0.1) is 0 Å². The second kappa shape index (κ2) is 6.75. The number of hydrogen-bond acceptors (Lipinski definition) is 2. The first-order chi connectivity index (χ1) is 10.8. The maximum absolute atomic E-state index is 13.1. The fourth-order valence-corrected chi connectivity index (χ4v) is 3.04. The van der Waals surface area contributed by atoms with E-state index >= 15 is 0 Å². The number of amides is 1. The molecule has 0 aromatic heterocycles. The minimum absolute atomic E-state index is 0.129. The summed E-state index contributed by atoms with van der Waals surface area (Å²) in [4.78, 5) is 14.9. The molecule has 0 unspecified atom stereocenters. The van der Waals surface area contributed by atoms with Gasteiger partial charge in [-0.05, 0) is 24.0 Å². The Morgan fingerprint density at radius 2 is 1.36 bits per heavy atom. The van der Waals surface area contributed by atoms with E-state index in [-0.39, 0.29) is 17.9 Å². The third-order valence-corrected chi connectivity index (χ3v) is 4.29. The Labute approximate surface area is 131 Å². The lowest BCUT2D eigenvalue weighted by Crippen LogP contribution is -2.42. The highest BCUT2D eigenvalue weighted by atomic mass is 16.3. The normalized spacial score (nSPS) is 16.0. The van der Waals surface area contributed by atoms with Gasteiger partial charge in [0.1, 0.15) is 0 Å². The molecule has 22 heavy (non-hydrogen) atoms. The number of benzene rings is 2. The van der Waals surface area contributed by atoms with E-state index in [9.17, 15) is 9.90 Å². The zero-order valence-electron chi connectivity index (χ0n) is 12.6. The van der Waals surface area contributed by atoms with E-state index in [1.54, 1.807) is 0 Å². The smallest absolute Gasteiger partial charge is 0.234 e. The highest BCUT2D eigenvalue weighted by molar-refractivity contribution is 5.87. The number of piperidine rings is 1. The summed E-state index contributed by atoms with van der Waals surface area (Å²) < 4.78 is 0. The van der Waals surface area contributed by atoms with E-state index in [1.165, 1.54) is 0 Å². The number of aliphatic hydroxyl groups is 1. The Hall–Kier alpha value is -2.13. The van der Waals surface area contributed by atoms with Crippen molar-refractivity contribution in [3.05, 3.63) is 71.8 Å². The van der Waals surface area contributed by atoms with E-state index in [1.807, 2.05) is 65.6 Å². The van der Waals surface area contributed by atoms with Crippen LogP contribution in [0.25, 0.3) is 0 Å². The standard InChI is InChI=1S/C19H21NO2/c21-17-11-13-20(14-12-17)19(22)18(15-7-3-1-4-8-15)16-9-5-2-6-10-16/h1-10,17-18,21H,11-14H2. The molecule has 1 fully saturated rings. The average molecular weight is 295 g/mol. The molecule has 3 nitrogen and oxygen atoms in total. The van der Waals surface area contributed by atoms with Gasteiger partial charge in [0.05, 0.1) is 12.0 Å². The predicted molar refractivity (Wildman–Crippen MR) is 86.5 cm³/mol. The SMILES string of the molecule is O=C(C(c1ccccc1)c1ccccc1)N1CCC(O)CC1. The quantitative estimate of drug-likeness (QED) is 0.946. The third-order valence-electron chi connectivity index (χ3n) is 4.29. The first kappa shape index (κ1) is 14.8. The predicted octanol–water partition coefficient (Wildman–Crippen LogP) is 2.80. The van der Waals surface area contributed by atoms with Crippen molar-refractivity contribution in [1.82, 2.24) is 4.90 Å². The van der Waals surface area contributed by atoms with Gasteiger partial charge in [0.2, 0.25) is 5.91 Å². The Morgan fingerprint density at radius 1 is 0.909 bits per heavy atom. The second-order valence-electron chi connectivity index (χ2n) is 5.81. The second-order valence-corrected chi connectivity index (χ2v) is 5.81. The molecule has 0 bridgehead atoms. The van der Waals surface area contributed by atoms with Crippen molar-refractivity contribution in [1.29, 1.82) is 0 Å². The van der Waals surface area contributed by atoms with Crippen LogP contribution in [-0.2, 0) is 4.79 Å². The molecule has 1 saturated heterocycles. The molecule has 0 radical (unpaired) electrons. The van der Waals surface area contributed by atoms with E-state index < -0.39 is 0 Å². The molecule has 1 N–H and O–H groups in total. The van der Waals surface area contributed by atoms with E-state index in [2.05, 4.69) is 0 Å². The molecule has 2 aromatic rings. The van der Waals surface area contributed by atoms with Gasteiger partial charge in [-0.1, -0.05) is 60.7 Å². The Bertz CT molecular complexity index is 564. The van der Waals surface area contributed by atoms with Crippen LogP contribution in [-0.4, -0.2) is 35.1 Å². The summed E-state index contributed by atoms with van der Waals surface area (Å²) in [5, 5.41) is 9.64. The number of nitrogens with zero attached hydrogens (tertiary/aromatic N) is 1. The van der Waals surface area contributed by atoms with Gasteiger partial charge >= 0.3 is 0 Å². The largest absolute Gasteiger partial charge is 0.393 e. The van der Waals surface area contributed by atoms with Crippen LogP contribution in [0.15, 0.2) is 60.7 Å². The average Bonchev–Trinajstić information content (AvgIpc) is 2.57. The van der Waals surface area contributed by atoms with Crippen LogP contribution in [0.4, 0.5) is 0 Å². The van der Waals surface area contributed by atoms with Crippen LogP contribution < -0.4 is 0 Å². The lowest BCUT2D eigenvalue weighted by atomic mass is 9.89. The first-order valence-electron chi connectivity index (χ1n) is 7.82. The molecule has 1 heterocycles. The third kappa shape index (κ3) is 3.20. The van der Waals surface area contributed by atoms with Crippen molar-refractivity contribution in [3.8, 4) is 0 Å². The Kier molecular flexibility index (Phi) is 4.54. The molecule has 0 aliphatic carbocycles. The Morgan fingerprint density at radius 3 is 1.82 bits per heavy atom. The Balaban J connectivity index is 1.90. The van der Waals surface area contributed by atoms with Crippen LogP contribution in [0.3, 0.4) is 0 Å². The van der Waals surface area contributed by atoms with Crippen molar-refractivity contribution >= 4 is 5.91 Å². The molecule has 1 aliphatic heterocycles. The molecule has 3 rings (SSSR count). The van der Waals surface area contributed by atoms with Gasteiger partial charge in [-0.3, -0.25) is 4.79 Å². The van der Waals surface area contributed by atoms with Crippen LogP contribution in [0.1, 0.15) is 29.9 Å². The maximum Gasteiger partial charge on any atom is 0.234 e. The summed E-state index contributed by atoms with van der Waals surface area (Å²) in [5.74, 6) is -0.137. The van der Waals surface area contributed by atoms with Crippen LogP contribution in [0.2, 0.25) is 0 Å². The zero-order valence-corrected chi connectivity index (χ0v) is 12.6. The van der Waals surface area contributed by atoms with Crippen molar-refractivity contribution in [3.63, 3.8) is 0 Å². The lowest BCUT2D eigenvalue weighted by Gasteiger charge is -2.32. The van der Waals surface area contributed by atoms with E-state index in [4.69, 9.17) is 0 Å². The van der Waals surface area contributed by atoms with E-state index in [0.717, 1.165) is 11.1 Å². The number of aliphatic hydroxyl groups excluding tert-OH is 1. The monoisotopic (exact) mass is 295 g/mol. The van der Waals surface area contributed by atoms with Crippen LogP contribution >= 0.6 is 0 Å². The maximum atomic E-state index is 13.1. The number of rotatable bonds is 3. The van der Waals surface area contributed by atoms with Gasteiger partial charge in [-0.25, -0.2) is 0 Å². The minimum atomic E-state index is -0.268. The molecule has 1 amide bonds. The van der Waals surface area contributed by atoms with Crippen LogP contribution in [0.5, 0.6) is 0 Å². The highest BCUT2D eigenvalue weighted by Crippen LogP contribution is 2.28. The highest BCUT2D eigenvalue weighted by Gasteiger charge is 2.29.